The molecule has 114 valence electrons. The second-order valence-corrected chi connectivity index (χ2v) is 5.64. The predicted molar refractivity (Wildman–Crippen MR) is 74.9 cm³/mol. The summed E-state index contributed by atoms with van der Waals surface area (Å²) >= 11 is 0. The number of nitrogens with zero attached hydrogens (tertiary/aromatic N) is 2. The van der Waals surface area contributed by atoms with Gasteiger partial charge in [0.15, 0.2) is 5.76 Å². The number of amides is 2. The largest absolute Gasteiger partial charge is 0.459 e. The van der Waals surface area contributed by atoms with Gasteiger partial charge in [0.05, 0.1) is 25.0 Å². The first-order valence-corrected chi connectivity index (χ1v) is 7.27. The van der Waals surface area contributed by atoms with Crippen LogP contribution in [0.1, 0.15) is 29.0 Å². The lowest BCUT2D eigenvalue weighted by Gasteiger charge is -2.24. The molecule has 0 unspecified atom stereocenters. The fourth-order valence-electron chi connectivity index (χ4n) is 3.38. The van der Waals surface area contributed by atoms with E-state index >= 15 is 0 Å². The van der Waals surface area contributed by atoms with E-state index in [0.29, 0.717) is 31.9 Å². The lowest BCUT2D eigenvalue weighted by atomic mass is 10.1. The molecule has 0 radical (unpaired) electrons. The van der Waals surface area contributed by atoms with Crippen molar-refractivity contribution in [3.05, 3.63) is 23.7 Å². The van der Waals surface area contributed by atoms with Crippen LogP contribution in [0.3, 0.4) is 0 Å². The number of rotatable bonds is 4. The van der Waals surface area contributed by atoms with E-state index in [1.54, 1.807) is 18.1 Å². The van der Waals surface area contributed by atoms with E-state index in [0.717, 1.165) is 12.0 Å². The first-order valence-electron chi connectivity index (χ1n) is 7.27. The Morgan fingerprint density at radius 1 is 1.48 bits per heavy atom. The molecule has 3 rings (SSSR count). The van der Waals surface area contributed by atoms with Crippen LogP contribution < -0.4 is 0 Å². The van der Waals surface area contributed by atoms with Crippen molar-refractivity contribution in [2.45, 2.75) is 31.8 Å². The van der Waals surface area contributed by atoms with Gasteiger partial charge in [-0.05, 0) is 19.4 Å². The summed E-state index contributed by atoms with van der Waals surface area (Å²) in [6.07, 6.45) is 2.76. The third kappa shape index (κ3) is 2.33. The summed E-state index contributed by atoms with van der Waals surface area (Å²) < 4.78 is 10.4. The Balaban J connectivity index is 1.75. The van der Waals surface area contributed by atoms with Gasteiger partial charge in [-0.3, -0.25) is 9.59 Å². The number of likely N-dealkylation sites (tertiary alicyclic amines) is 2. The highest BCUT2D eigenvalue weighted by atomic mass is 16.5. The summed E-state index contributed by atoms with van der Waals surface area (Å²) in [6, 6.07) is 1.86. The van der Waals surface area contributed by atoms with E-state index < -0.39 is 0 Å². The number of carbonyl (C=O) groups is 2. The summed E-state index contributed by atoms with van der Waals surface area (Å²) in [7, 11) is 1.63. The fourth-order valence-corrected chi connectivity index (χ4v) is 3.38. The average Bonchev–Trinajstić information content (AvgIpc) is 3.12. The molecular formula is C15H20N2O4. The van der Waals surface area contributed by atoms with Gasteiger partial charge in [-0.25, -0.2) is 0 Å². The van der Waals surface area contributed by atoms with Crippen LogP contribution >= 0.6 is 0 Å². The highest BCUT2D eigenvalue weighted by Crippen LogP contribution is 2.33. The van der Waals surface area contributed by atoms with Crippen molar-refractivity contribution < 1.29 is 18.7 Å². The zero-order chi connectivity index (χ0) is 15.0. The van der Waals surface area contributed by atoms with Crippen molar-refractivity contribution in [3.8, 4) is 0 Å². The molecule has 6 heteroatoms. The first kappa shape index (κ1) is 14.1. The van der Waals surface area contributed by atoms with Crippen LogP contribution in [-0.4, -0.2) is 60.5 Å². The summed E-state index contributed by atoms with van der Waals surface area (Å²) in [4.78, 5) is 28.4. The highest BCUT2D eigenvalue weighted by Gasteiger charge is 2.48. The van der Waals surface area contributed by atoms with E-state index in [2.05, 4.69) is 0 Å². The Morgan fingerprint density at radius 2 is 2.29 bits per heavy atom. The maximum absolute atomic E-state index is 12.6. The zero-order valence-corrected chi connectivity index (χ0v) is 12.4. The summed E-state index contributed by atoms with van der Waals surface area (Å²) in [5.41, 5.74) is 0.837. The molecule has 0 aliphatic carbocycles. The molecule has 0 saturated carbocycles. The van der Waals surface area contributed by atoms with E-state index in [9.17, 15) is 9.59 Å². The van der Waals surface area contributed by atoms with Gasteiger partial charge in [0.1, 0.15) is 0 Å². The molecule has 1 aromatic rings. The van der Waals surface area contributed by atoms with Gasteiger partial charge in [0.25, 0.3) is 5.91 Å². The van der Waals surface area contributed by atoms with Crippen molar-refractivity contribution >= 4 is 11.8 Å². The zero-order valence-electron chi connectivity index (χ0n) is 12.4. The number of aryl methyl sites for hydroxylation is 1. The van der Waals surface area contributed by atoms with Gasteiger partial charge in [-0.2, -0.15) is 0 Å². The Bertz CT molecular complexity index is 554. The summed E-state index contributed by atoms with van der Waals surface area (Å²) in [5.74, 6) is 0.389. The van der Waals surface area contributed by atoms with Crippen molar-refractivity contribution in [3.63, 3.8) is 0 Å². The standard InChI is InChI=1S/C15H20N2O4/c1-10-4-7-21-14(10)15(19)17-5-3-11-12(17)9-13(18)16(11)6-8-20-2/h4,7,11-12H,3,5-6,8-9H2,1-2H3/t11-,12+/m0/s1. The van der Waals surface area contributed by atoms with Gasteiger partial charge < -0.3 is 19.0 Å². The van der Waals surface area contributed by atoms with Crippen LogP contribution in [0.25, 0.3) is 0 Å². The van der Waals surface area contributed by atoms with E-state index in [4.69, 9.17) is 9.15 Å². The predicted octanol–water partition coefficient (Wildman–Crippen LogP) is 1.05. The van der Waals surface area contributed by atoms with Gasteiger partial charge in [0.2, 0.25) is 5.91 Å². The minimum Gasteiger partial charge on any atom is -0.459 e. The molecule has 2 saturated heterocycles. The molecule has 0 N–H and O–H groups in total. The van der Waals surface area contributed by atoms with Gasteiger partial charge in [-0.15, -0.1) is 0 Å². The van der Waals surface area contributed by atoms with Crippen molar-refractivity contribution in [2.24, 2.45) is 0 Å². The van der Waals surface area contributed by atoms with E-state index in [1.807, 2.05) is 11.8 Å². The maximum Gasteiger partial charge on any atom is 0.290 e. The average molecular weight is 292 g/mol. The molecule has 3 heterocycles. The third-order valence-electron chi connectivity index (χ3n) is 4.47. The van der Waals surface area contributed by atoms with E-state index in [1.165, 1.54) is 6.26 Å². The molecule has 0 aromatic carbocycles. The third-order valence-corrected chi connectivity index (χ3v) is 4.47. The first-order chi connectivity index (χ1) is 10.1. The molecule has 2 aliphatic heterocycles. The molecule has 6 nitrogen and oxygen atoms in total. The molecule has 1 aromatic heterocycles. The van der Waals surface area contributed by atoms with Crippen LogP contribution in [0.4, 0.5) is 0 Å². The van der Waals surface area contributed by atoms with Gasteiger partial charge >= 0.3 is 0 Å². The molecular weight excluding hydrogens is 272 g/mol. The molecule has 2 atom stereocenters. The molecule has 0 spiro atoms. The van der Waals surface area contributed by atoms with Crippen LogP contribution in [0.2, 0.25) is 0 Å². The molecule has 0 bridgehead atoms. The van der Waals surface area contributed by atoms with Crippen LogP contribution in [-0.2, 0) is 9.53 Å². The van der Waals surface area contributed by atoms with Crippen molar-refractivity contribution in [1.29, 1.82) is 0 Å². The van der Waals surface area contributed by atoms with Crippen LogP contribution in [0.5, 0.6) is 0 Å². The van der Waals surface area contributed by atoms with Gasteiger partial charge in [0, 0.05) is 32.2 Å². The number of fused-ring (bicyclic) bond motifs is 1. The normalized spacial score (nSPS) is 24.8. The second-order valence-electron chi connectivity index (χ2n) is 5.64. The van der Waals surface area contributed by atoms with Crippen molar-refractivity contribution in [1.82, 2.24) is 9.80 Å². The molecule has 21 heavy (non-hydrogen) atoms. The highest BCUT2D eigenvalue weighted by molar-refractivity contribution is 5.94. The number of ether oxygens (including phenoxy) is 1. The Kier molecular flexibility index (Phi) is 3.71. The lowest BCUT2D eigenvalue weighted by molar-refractivity contribution is -0.129. The monoisotopic (exact) mass is 292 g/mol. The Labute approximate surface area is 123 Å². The SMILES string of the molecule is COCCN1C(=O)C[C@@H]2[C@@H]1CCN2C(=O)c1occc1C. The number of carbonyl (C=O) groups excluding carboxylic acids is 2. The maximum atomic E-state index is 12.6. The van der Waals surface area contributed by atoms with Gasteiger partial charge in [-0.1, -0.05) is 0 Å². The summed E-state index contributed by atoms with van der Waals surface area (Å²) in [6.45, 7) is 3.65. The van der Waals surface area contributed by atoms with Crippen LogP contribution in [0.15, 0.2) is 16.7 Å². The topological polar surface area (TPSA) is 63.0 Å². The van der Waals surface area contributed by atoms with Crippen LogP contribution in [0, 0.1) is 6.92 Å². The Hall–Kier alpha value is -1.82. The number of hydrogen-bond acceptors (Lipinski definition) is 4. The smallest absolute Gasteiger partial charge is 0.290 e. The minimum atomic E-state index is -0.105. The quantitative estimate of drug-likeness (QED) is 0.832. The minimum absolute atomic E-state index is 0.0358. The summed E-state index contributed by atoms with van der Waals surface area (Å²) in [5, 5.41) is 0. The lowest BCUT2D eigenvalue weighted by Crippen LogP contribution is -2.40. The molecule has 2 fully saturated rings. The Morgan fingerprint density at radius 3 is 2.95 bits per heavy atom. The number of methoxy groups -OCH3 is 1. The molecule has 2 aliphatic rings. The number of furan rings is 1. The molecule has 2 amide bonds. The fraction of sp³-hybridized carbons (Fsp3) is 0.600. The van der Waals surface area contributed by atoms with Crippen molar-refractivity contribution in [2.75, 3.05) is 26.8 Å². The van der Waals surface area contributed by atoms with E-state index in [-0.39, 0.29) is 23.9 Å². The second kappa shape index (κ2) is 5.52. The number of hydrogen-bond donors (Lipinski definition) is 0.